The summed E-state index contributed by atoms with van der Waals surface area (Å²) in [5, 5.41) is 17.5. The minimum atomic E-state index is -0.584. The number of aromatic nitrogens is 4. The lowest BCUT2D eigenvalue weighted by atomic mass is 9.95. The second-order valence-corrected chi connectivity index (χ2v) is 5.96. The van der Waals surface area contributed by atoms with Crippen LogP contribution in [0, 0.1) is 0 Å². The van der Waals surface area contributed by atoms with Crippen LogP contribution in [-0.2, 0) is 4.79 Å². The number of amides is 1. The number of anilines is 1. The Morgan fingerprint density at radius 3 is 2.73 bits per heavy atom. The molecule has 0 saturated heterocycles. The van der Waals surface area contributed by atoms with Gasteiger partial charge >= 0.3 is 0 Å². The molecule has 26 heavy (non-hydrogen) atoms. The fourth-order valence-electron chi connectivity index (χ4n) is 3.10. The van der Waals surface area contributed by atoms with E-state index in [-0.39, 0.29) is 5.75 Å². The Kier molecular flexibility index (Phi) is 3.65. The van der Waals surface area contributed by atoms with E-state index in [1.54, 1.807) is 54.3 Å². The number of aromatic hydroxyl groups is 1. The van der Waals surface area contributed by atoms with Crippen molar-refractivity contribution in [2.75, 3.05) is 5.32 Å². The van der Waals surface area contributed by atoms with Crippen LogP contribution in [0.3, 0.4) is 0 Å². The molecule has 2 aromatic heterocycles. The summed E-state index contributed by atoms with van der Waals surface area (Å²) in [5.74, 6) is 0.528. The Bertz CT molecular complexity index is 1030. The van der Waals surface area contributed by atoms with Crippen molar-refractivity contribution >= 4 is 11.9 Å². The van der Waals surface area contributed by atoms with Crippen LogP contribution >= 0.6 is 0 Å². The van der Waals surface area contributed by atoms with Gasteiger partial charge in [0.1, 0.15) is 11.8 Å². The number of phenolic OH excluding ortho intramolecular Hbond substituents is 1. The van der Waals surface area contributed by atoms with Crippen LogP contribution in [0.2, 0.25) is 0 Å². The Hall–Kier alpha value is -3.68. The Morgan fingerprint density at radius 1 is 1.27 bits per heavy atom. The van der Waals surface area contributed by atoms with E-state index in [4.69, 9.17) is 5.73 Å². The van der Waals surface area contributed by atoms with E-state index in [0.29, 0.717) is 28.6 Å². The summed E-state index contributed by atoms with van der Waals surface area (Å²) in [5.41, 5.74) is 8.09. The van der Waals surface area contributed by atoms with Crippen LogP contribution < -0.4 is 11.1 Å². The number of allylic oxidation sites excluding steroid dienone is 1. The Labute approximate surface area is 149 Å². The second kappa shape index (κ2) is 5.99. The molecule has 1 aliphatic rings. The maximum absolute atomic E-state index is 12.1. The van der Waals surface area contributed by atoms with Crippen LogP contribution in [0.1, 0.15) is 18.5 Å². The highest BCUT2D eigenvalue weighted by Crippen LogP contribution is 2.36. The van der Waals surface area contributed by atoms with Gasteiger partial charge in [0.25, 0.3) is 0 Å². The SMILES string of the molecule is CC1=C(C(N)=O)C(c2cccc(O)c2)n2nc(-c3ccncc3)nc2N1. The number of rotatable bonds is 3. The molecule has 8 nitrogen and oxygen atoms in total. The predicted octanol–water partition coefficient (Wildman–Crippen LogP) is 1.82. The number of pyridine rings is 1. The molecule has 0 spiro atoms. The van der Waals surface area contributed by atoms with E-state index < -0.39 is 11.9 Å². The van der Waals surface area contributed by atoms with E-state index in [0.717, 1.165) is 5.56 Å². The van der Waals surface area contributed by atoms with Crippen LogP contribution in [-0.4, -0.2) is 30.8 Å². The van der Waals surface area contributed by atoms with Gasteiger partial charge in [-0.15, -0.1) is 5.10 Å². The Balaban J connectivity index is 1.90. The molecule has 3 heterocycles. The molecule has 4 rings (SSSR count). The second-order valence-electron chi connectivity index (χ2n) is 5.96. The van der Waals surface area contributed by atoms with Gasteiger partial charge in [0.2, 0.25) is 11.9 Å². The quantitative estimate of drug-likeness (QED) is 0.664. The third kappa shape index (κ3) is 2.57. The smallest absolute Gasteiger partial charge is 0.248 e. The van der Waals surface area contributed by atoms with Crippen molar-refractivity contribution in [2.24, 2.45) is 5.73 Å². The summed E-state index contributed by atoms with van der Waals surface area (Å²) < 4.78 is 1.61. The molecule has 0 fully saturated rings. The summed E-state index contributed by atoms with van der Waals surface area (Å²) in [7, 11) is 0. The molecule has 1 amide bonds. The molecule has 1 unspecified atom stereocenters. The van der Waals surface area contributed by atoms with Gasteiger partial charge in [0.15, 0.2) is 5.82 Å². The van der Waals surface area contributed by atoms with Gasteiger partial charge in [-0.1, -0.05) is 12.1 Å². The first-order valence-electron chi connectivity index (χ1n) is 7.98. The average molecular weight is 348 g/mol. The lowest BCUT2D eigenvalue weighted by molar-refractivity contribution is -0.115. The molecular weight excluding hydrogens is 332 g/mol. The first-order valence-corrected chi connectivity index (χ1v) is 7.98. The molecule has 130 valence electrons. The van der Waals surface area contributed by atoms with E-state index in [9.17, 15) is 9.90 Å². The van der Waals surface area contributed by atoms with Crippen LogP contribution in [0.5, 0.6) is 5.75 Å². The van der Waals surface area contributed by atoms with Crippen molar-refractivity contribution in [1.29, 1.82) is 0 Å². The molecule has 1 atom stereocenters. The van der Waals surface area contributed by atoms with Crippen molar-refractivity contribution in [3.05, 3.63) is 65.6 Å². The summed E-state index contributed by atoms with van der Waals surface area (Å²) in [6.07, 6.45) is 3.32. The predicted molar refractivity (Wildman–Crippen MR) is 95.0 cm³/mol. The zero-order chi connectivity index (χ0) is 18.3. The molecule has 3 aromatic rings. The first kappa shape index (κ1) is 15.8. The zero-order valence-corrected chi connectivity index (χ0v) is 13.9. The van der Waals surface area contributed by atoms with Gasteiger partial charge in [0.05, 0.1) is 5.57 Å². The van der Waals surface area contributed by atoms with Crippen molar-refractivity contribution in [1.82, 2.24) is 19.7 Å². The molecule has 4 N–H and O–H groups in total. The number of primary amides is 1. The van der Waals surface area contributed by atoms with Crippen molar-refractivity contribution in [3.8, 4) is 17.1 Å². The van der Waals surface area contributed by atoms with Gasteiger partial charge in [-0.2, -0.15) is 4.98 Å². The molecule has 0 aliphatic carbocycles. The normalized spacial score (nSPS) is 16.1. The van der Waals surface area contributed by atoms with Crippen molar-refractivity contribution < 1.29 is 9.90 Å². The number of nitrogens with zero attached hydrogens (tertiary/aromatic N) is 4. The number of carbonyl (C=O) groups is 1. The maximum Gasteiger partial charge on any atom is 0.248 e. The fraction of sp³-hybridized carbons (Fsp3) is 0.111. The van der Waals surface area contributed by atoms with Gasteiger partial charge < -0.3 is 16.2 Å². The zero-order valence-electron chi connectivity index (χ0n) is 13.9. The molecule has 0 radical (unpaired) electrons. The fourth-order valence-corrected chi connectivity index (χ4v) is 3.10. The summed E-state index contributed by atoms with van der Waals surface area (Å²) in [6.45, 7) is 1.76. The van der Waals surface area contributed by atoms with Gasteiger partial charge in [-0.05, 0) is 36.8 Å². The topological polar surface area (TPSA) is 119 Å². The third-order valence-electron chi connectivity index (χ3n) is 4.24. The van der Waals surface area contributed by atoms with Gasteiger partial charge in [0, 0.05) is 23.7 Å². The number of hydrogen-bond acceptors (Lipinski definition) is 6. The number of nitrogens with one attached hydrogen (secondary N) is 1. The number of benzene rings is 1. The standard InChI is InChI=1S/C18H16N6O2/c1-10-14(16(19)26)15(12-3-2-4-13(25)9-12)24-18(21-10)22-17(23-24)11-5-7-20-8-6-11/h2-9,15,25H,1H3,(H2,19,26)(H,21,22,23). The molecule has 0 saturated carbocycles. The highest BCUT2D eigenvalue weighted by Gasteiger charge is 2.33. The molecule has 1 aliphatic heterocycles. The first-order chi connectivity index (χ1) is 12.5. The third-order valence-corrected chi connectivity index (χ3v) is 4.24. The number of hydrogen-bond donors (Lipinski definition) is 3. The van der Waals surface area contributed by atoms with Crippen LogP contribution in [0.25, 0.3) is 11.4 Å². The highest BCUT2D eigenvalue weighted by molar-refractivity contribution is 5.95. The molecule has 8 heteroatoms. The Morgan fingerprint density at radius 2 is 2.04 bits per heavy atom. The van der Waals surface area contributed by atoms with E-state index in [2.05, 4.69) is 20.4 Å². The van der Waals surface area contributed by atoms with Crippen molar-refractivity contribution in [3.63, 3.8) is 0 Å². The summed E-state index contributed by atoms with van der Waals surface area (Å²) in [6, 6.07) is 9.70. The molecule has 1 aromatic carbocycles. The van der Waals surface area contributed by atoms with Crippen LogP contribution in [0.15, 0.2) is 60.1 Å². The van der Waals surface area contributed by atoms with E-state index in [1.807, 2.05) is 6.07 Å². The molecular formula is C18H16N6O2. The monoisotopic (exact) mass is 348 g/mol. The summed E-state index contributed by atoms with van der Waals surface area (Å²) in [4.78, 5) is 20.6. The van der Waals surface area contributed by atoms with Gasteiger partial charge in [-0.3, -0.25) is 9.78 Å². The average Bonchev–Trinajstić information content (AvgIpc) is 3.04. The van der Waals surface area contributed by atoms with E-state index >= 15 is 0 Å². The lowest BCUT2D eigenvalue weighted by Crippen LogP contribution is -2.31. The van der Waals surface area contributed by atoms with Gasteiger partial charge in [-0.25, -0.2) is 4.68 Å². The molecule has 0 bridgehead atoms. The maximum atomic E-state index is 12.1. The number of phenols is 1. The van der Waals surface area contributed by atoms with Crippen LogP contribution in [0.4, 0.5) is 5.95 Å². The van der Waals surface area contributed by atoms with Crippen molar-refractivity contribution in [2.45, 2.75) is 13.0 Å². The minimum absolute atomic E-state index is 0.0959. The largest absolute Gasteiger partial charge is 0.508 e. The summed E-state index contributed by atoms with van der Waals surface area (Å²) >= 11 is 0. The number of carbonyl (C=O) groups excluding carboxylic acids is 1. The number of nitrogens with two attached hydrogens (primary N) is 1. The highest BCUT2D eigenvalue weighted by atomic mass is 16.3. The van der Waals surface area contributed by atoms with E-state index in [1.165, 1.54) is 0 Å². The number of fused-ring (bicyclic) bond motifs is 1. The lowest BCUT2D eigenvalue weighted by Gasteiger charge is -2.27. The minimum Gasteiger partial charge on any atom is -0.508 e.